The molecule has 43 heavy (non-hydrogen) atoms. The third kappa shape index (κ3) is 5.25. The number of hydrogen-bond donors (Lipinski definition) is 0. The summed E-state index contributed by atoms with van der Waals surface area (Å²) in [6.07, 6.45) is 8.65. The fourth-order valence-corrected chi connectivity index (χ4v) is 7.82. The summed E-state index contributed by atoms with van der Waals surface area (Å²) in [5.74, 6) is 1.65. The highest BCUT2D eigenvalue weighted by Crippen LogP contribution is 2.35. The summed E-state index contributed by atoms with van der Waals surface area (Å²) in [7, 11) is 0. The van der Waals surface area contributed by atoms with E-state index in [9.17, 15) is 0 Å². The molecule has 0 unspecified atom stereocenters. The van der Waals surface area contributed by atoms with Crippen LogP contribution in [0.2, 0.25) is 0 Å². The van der Waals surface area contributed by atoms with Gasteiger partial charge in [0.15, 0.2) is 0 Å². The Bertz CT molecular complexity index is 2130. The molecule has 0 saturated carbocycles. The molecule has 0 N–H and O–H groups in total. The van der Waals surface area contributed by atoms with Crippen LogP contribution in [0.15, 0.2) is 133 Å². The number of ether oxygens (including phenoxy) is 1. The molecule has 1 nitrogen and oxygen atoms in total. The largest absolute Gasteiger partial charge is 0.457 e. The first kappa shape index (κ1) is 25.7. The topological polar surface area (TPSA) is 9.23 Å². The van der Waals surface area contributed by atoms with E-state index in [1.54, 1.807) is 0 Å². The van der Waals surface area contributed by atoms with Crippen LogP contribution in [-0.4, -0.2) is 0 Å². The Morgan fingerprint density at radius 3 is 1.19 bits per heavy atom. The Morgan fingerprint density at radius 2 is 0.721 bits per heavy atom. The van der Waals surface area contributed by atoms with Crippen molar-refractivity contribution in [2.24, 2.45) is 0 Å². The standard InChI is InChI=1S/C40H26OS2/c1-3-7-37-33(5-1)35-23-17-29(25-39(35)42-37)11-9-27-13-19-31(20-14-27)41-32-21-15-28(16-22-32)10-12-30-18-24-36-34-6-2-4-8-38(34)43-40(36)26-30/h1-26H. The second-order valence-electron chi connectivity index (χ2n) is 10.6. The molecule has 0 fully saturated rings. The lowest BCUT2D eigenvalue weighted by Gasteiger charge is -2.06. The average molecular weight is 587 g/mol. The molecule has 2 aromatic heterocycles. The second kappa shape index (κ2) is 11.0. The van der Waals surface area contributed by atoms with Gasteiger partial charge >= 0.3 is 0 Å². The molecule has 8 rings (SSSR count). The van der Waals surface area contributed by atoms with Crippen molar-refractivity contribution in [2.45, 2.75) is 0 Å². The minimum absolute atomic E-state index is 0.823. The highest BCUT2D eigenvalue weighted by Gasteiger charge is 2.06. The molecule has 0 bridgehead atoms. The average Bonchev–Trinajstić information content (AvgIpc) is 3.61. The fourth-order valence-electron chi connectivity index (χ4n) is 5.51. The summed E-state index contributed by atoms with van der Waals surface area (Å²) in [6, 6.07) is 47.1. The summed E-state index contributed by atoms with van der Waals surface area (Å²) >= 11 is 3.70. The normalized spacial score (nSPS) is 12.0. The zero-order valence-corrected chi connectivity index (χ0v) is 24.9. The predicted octanol–water partition coefficient (Wildman–Crippen LogP) is 12.6. The maximum Gasteiger partial charge on any atom is 0.127 e. The molecule has 0 saturated heterocycles. The number of benzene rings is 6. The Balaban J connectivity index is 0.917. The smallest absolute Gasteiger partial charge is 0.127 e. The summed E-state index contributed by atoms with van der Waals surface area (Å²) in [5, 5.41) is 5.32. The molecule has 204 valence electrons. The minimum Gasteiger partial charge on any atom is -0.457 e. The molecule has 0 aliphatic carbocycles. The van der Waals surface area contributed by atoms with E-state index in [1.165, 1.54) is 51.5 Å². The van der Waals surface area contributed by atoms with Gasteiger partial charge in [-0.05, 0) is 70.8 Å². The maximum absolute atomic E-state index is 6.12. The van der Waals surface area contributed by atoms with Crippen molar-refractivity contribution in [3.8, 4) is 11.5 Å². The lowest BCUT2D eigenvalue weighted by atomic mass is 10.1. The van der Waals surface area contributed by atoms with Gasteiger partial charge in [-0.3, -0.25) is 0 Å². The molecule has 6 aromatic carbocycles. The summed E-state index contributed by atoms with van der Waals surface area (Å²) in [4.78, 5) is 0. The van der Waals surface area contributed by atoms with Gasteiger partial charge in [-0.15, -0.1) is 22.7 Å². The van der Waals surface area contributed by atoms with Gasteiger partial charge in [0.05, 0.1) is 0 Å². The molecule has 0 radical (unpaired) electrons. The molecular formula is C40H26OS2. The van der Waals surface area contributed by atoms with E-state index < -0.39 is 0 Å². The second-order valence-corrected chi connectivity index (χ2v) is 12.8. The summed E-state index contributed by atoms with van der Waals surface area (Å²) in [6.45, 7) is 0. The van der Waals surface area contributed by atoms with Crippen LogP contribution in [-0.2, 0) is 0 Å². The monoisotopic (exact) mass is 586 g/mol. The zero-order chi connectivity index (χ0) is 28.6. The van der Waals surface area contributed by atoms with Gasteiger partial charge in [0.1, 0.15) is 11.5 Å². The van der Waals surface area contributed by atoms with Crippen LogP contribution in [0.1, 0.15) is 22.3 Å². The van der Waals surface area contributed by atoms with Gasteiger partial charge in [-0.25, -0.2) is 0 Å². The van der Waals surface area contributed by atoms with Crippen molar-refractivity contribution >= 4 is 87.3 Å². The molecule has 8 aromatic rings. The van der Waals surface area contributed by atoms with Crippen LogP contribution in [0.3, 0.4) is 0 Å². The van der Waals surface area contributed by atoms with Crippen LogP contribution >= 0.6 is 22.7 Å². The van der Waals surface area contributed by atoms with E-state index in [0.29, 0.717) is 0 Å². The van der Waals surface area contributed by atoms with Gasteiger partial charge in [0.2, 0.25) is 0 Å². The molecular weight excluding hydrogens is 561 g/mol. The van der Waals surface area contributed by atoms with E-state index in [0.717, 1.165) is 22.6 Å². The molecule has 2 heterocycles. The molecule has 3 heteroatoms. The van der Waals surface area contributed by atoms with Crippen molar-refractivity contribution in [3.63, 3.8) is 0 Å². The van der Waals surface area contributed by atoms with E-state index in [4.69, 9.17) is 4.74 Å². The highest BCUT2D eigenvalue weighted by molar-refractivity contribution is 7.26. The SMILES string of the molecule is C(=Cc1ccc2c(c1)sc1ccccc12)c1ccc(Oc2ccc(C=Cc3ccc4c(c3)sc3ccccc34)cc2)cc1. The Kier molecular flexibility index (Phi) is 6.60. The van der Waals surface area contributed by atoms with Crippen LogP contribution in [0.4, 0.5) is 0 Å². The van der Waals surface area contributed by atoms with E-state index >= 15 is 0 Å². The summed E-state index contributed by atoms with van der Waals surface area (Å²) in [5.41, 5.74) is 4.68. The van der Waals surface area contributed by atoms with E-state index in [1.807, 2.05) is 46.9 Å². The zero-order valence-electron chi connectivity index (χ0n) is 23.2. The number of rotatable bonds is 6. The van der Waals surface area contributed by atoms with Gasteiger partial charge in [0, 0.05) is 40.3 Å². The van der Waals surface area contributed by atoms with Crippen molar-refractivity contribution in [3.05, 3.63) is 156 Å². The van der Waals surface area contributed by atoms with Gasteiger partial charge in [0.25, 0.3) is 0 Å². The fraction of sp³-hybridized carbons (Fsp3) is 0. The lowest BCUT2D eigenvalue weighted by Crippen LogP contribution is -1.84. The minimum atomic E-state index is 0.823. The Hall–Kier alpha value is -4.96. The van der Waals surface area contributed by atoms with Crippen LogP contribution < -0.4 is 4.74 Å². The van der Waals surface area contributed by atoms with Gasteiger partial charge in [-0.1, -0.05) is 109 Å². The third-order valence-corrected chi connectivity index (χ3v) is 10.0. The van der Waals surface area contributed by atoms with Crippen molar-refractivity contribution in [1.82, 2.24) is 0 Å². The maximum atomic E-state index is 6.12. The number of thiophene rings is 2. The first-order valence-corrected chi connectivity index (χ1v) is 16.0. The first-order valence-electron chi connectivity index (χ1n) is 14.3. The third-order valence-electron chi connectivity index (χ3n) is 7.74. The molecule has 0 atom stereocenters. The number of hydrogen-bond acceptors (Lipinski definition) is 3. The predicted molar refractivity (Wildman–Crippen MR) is 189 cm³/mol. The van der Waals surface area contributed by atoms with E-state index in [2.05, 4.69) is 133 Å². The van der Waals surface area contributed by atoms with Crippen molar-refractivity contribution < 1.29 is 4.74 Å². The Labute approximate surface area is 258 Å². The molecule has 0 spiro atoms. The molecule has 0 amide bonds. The number of fused-ring (bicyclic) bond motifs is 6. The van der Waals surface area contributed by atoms with Gasteiger partial charge in [-0.2, -0.15) is 0 Å². The van der Waals surface area contributed by atoms with Crippen LogP contribution in [0.25, 0.3) is 64.6 Å². The van der Waals surface area contributed by atoms with Crippen LogP contribution in [0.5, 0.6) is 11.5 Å². The lowest BCUT2D eigenvalue weighted by molar-refractivity contribution is 0.482. The van der Waals surface area contributed by atoms with E-state index in [-0.39, 0.29) is 0 Å². The molecule has 0 aliphatic rings. The van der Waals surface area contributed by atoms with Crippen molar-refractivity contribution in [2.75, 3.05) is 0 Å². The van der Waals surface area contributed by atoms with Crippen LogP contribution in [0, 0.1) is 0 Å². The first-order chi connectivity index (χ1) is 21.2. The van der Waals surface area contributed by atoms with Crippen molar-refractivity contribution in [1.29, 1.82) is 0 Å². The quantitative estimate of drug-likeness (QED) is 0.176. The molecule has 0 aliphatic heterocycles. The summed E-state index contributed by atoms with van der Waals surface area (Å²) < 4.78 is 11.4. The van der Waals surface area contributed by atoms with Gasteiger partial charge < -0.3 is 4.74 Å². The Morgan fingerprint density at radius 1 is 0.349 bits per heavy atom. The highest BCUT2D eigenvalue weighted by atomic mass is 32.1.